The van der Waals surface area contributed by atoms with Gasteiger partial charge in [0.05, 0.1) is 18.4 Å². The fraction of sp³-hybridized carbons (Fsp3) is 0.375. The standard InChI is InChI=1S/C16H21N3OS/c1-3-18(2)15-9-16(20)19(17-10-15)11-14(12-21)13-7-5-4-6-8-13/h4-10,14,21H,3,11-12H2,1-2H3. The van der Waals surface area contributed by atoms with Crippen molar-refractivity contribution in [1.29, 1.82) is 0 Å². The van der Waals surface area contributed by atoms with Crippen LogP contribution in [-0.4, -0.2) is 29.1 Å². The molecule has 21 heavy (non-hydrogen) atoms. The third-order valence-electron chi connectivity index (χ3n) is 3.65. The Labute approximate surface area is 130 Å². The van der Waals surface area contributed by atoms with E-state index in [0.29, 0.717) is 12.3 Å². The Hall–Kier alpha value is -1.75. The molecule has 112 valence electrons. The van der Waals surface area contributed by atoms with Crippen LogP contribution < -0.4 is 10.5 Å². The summed E-state index contributed by atoms with van der Waals surface area (Å²) in [5, 5.41) is 4.29. The second kappa shape index (κ2) is 7.31. The van der Waals surface area contributed by atoms with Gasteiger partial charge in [-0.2, -0.15) is 17.7 Å². The molecule has 1 aromatic heterocycles. The summed E-state index contributed by atoms with van der Waals surface area (Å²) in [6.07, 6.45) is 1.74. The molecule has 4 nitrogen and oxygen atoms in total. The molecule has 0 amide bonds. The van der Waals surface area contributed by atoms with Crippen molar-refractivity contribution in [3.8, 4) is 0 Å². The van der Waals surface area contributed by atoms with Gasteiger partial charge < -0.3 is 4.90 Å². The van der Waals surface area contributed by atoms with Crippen molar-refractivity contribution in [3.05, 3.63) is 58.5 Å². The Kier molecular flexibility index (Phi) is 5.44. The fourth-order valence-corrected chi connectivity index (χ4v) is 2.48. The van der Waals surface area contributed by atoms with E-state index in [1.165, 1.54) is 10.2 Å². The van der Waals surface area contributed by atoms with Crippen LogP contribution in [0.4, 0.5) is 5.69 Å². The van der Waals surface area contributed by atoms with Crippen molar-refractivity contribution in [1.82, 2.24) is 9.78 Å². The molecule has 0 radical (unpaired) electrons. The SMILES string of the molecule is CCN(C)c1cnn(CC(CS)c2ccccc2)c(=O)c1. The molecule has 0 N–H and O–H groups in total. The third-order valence-corrected chi connectivity index (χ3v) is 4.10. The number of anilines is 1. The third kappa shape index (κ3) is 3.88. The highest BCUT2D eigenvalue weighted by Gasteiger charge is 2.12. The Morgan fingerprint density at radius 1 is 1.33 bits per heavy atom. The van der Waals surface area contributed by atoms with Crippen LogP contribution in [0.25, 0.3) is 0 Å². The molecule has 1 aromatic carbocycles. The van der Waals surface area contributed by atoms with Gasteiger partial charge in [-0.25, -0.2) is 4.68 Å². The lowest BCUT2D eigenvalue weighted by molar-refractivity contribution is 0.521. The van der Waals surface area contributed by atoms with E-state index in [4.69, 9.17) is 0 Å². The Morgan fingerprint density at radius 2 is 2.05 bits per heavy atom. The van der Waals surface area contributed by atoms with Crippen LogP contribution in [0.15, 0.2) is 47.4 Å². The van der Waals surface area contributed by atoms with Crippen LogP contribution in [0.1, 0.15) is 18.4 Å². The minimum Gasteiger partial charge on any atom is -0.373 e. The number of rotatable bonds is 6. The molecule has 2 rings (SSSR count). The number of thiol groups is 1. The van der Waals surface area contributed by atoms with Gasteiger partial charge in [-0.05, 0) is 18.2 Å². The van der Waals surface area contributed by atoms with Gasteiger partial charge in [0.15, 0.2) is 0 Å². The maximum absolute atomic E-state index is 12.2. The van der Waals surface area contributed by atoms with Crippen molar-refractivity contribution >= 4 is 18.3 Å². The molecule has 1 atom stereocenters. The Morgan fingerprint density at radius 3 is 2.62 bits per heavy atom. The quantitative estimate of drug-likeness (QED) is 0.833. The predicted octanol–water partition coefficient (Wildman–Crippen LogP) is 2.41. The lowest BCUT2D eigenvalue weighted by atomic mass is 10.0. The van der Waals surface area contributed by atoms with E-state index in [2.05, 4.69) is 29.9 Å². The van der Waals surface area contributed by atoms with Crippen LogP contribution in [0.5, 0.6) is 0 Å². The van der Waals surface area contributed by atoms with Crippen LogP contribution in [0.3, 0.4) is 0 Å². The van der Waals surface area contributed by atoms with E-state index < -0.39 is 0 Å². The van der Waals surface area contributed by atoms with Crippen molar-refractivity contribution in [2.75, 3.05) is 24.2 Å². The molecule has 0 saturated carbocycles. The molecule has 1 unspecified atom stereocenters. The summed E-state index contributed by atoms with van der Waals surface area (Å²) in [6, 6.07) is 11.7. The second-order valence-electron chi connectivity index (χ2n) is 5.04. The van der Waals surface area contributed by atoms with Crippen LogP contribution in [0, 0.1) is 0 Å². The molecule has 1 heterocycles. The number of benzene rings is 1. The van der Waals surface area contributed by atoms with Gasteiger partial charge in [0.1, 0.15) is 0 Å². The second-order valence-corrected chi connectivity index (χ2v) is 5.40. The first-order chi connectivity index (χ1) is 10.2. The van der Waals surface area contributed by atoms with Crippen molar-refractivity contribution in [2.24, 2.45) is 0 Å². The average molecular weight is 303 g/mol. The molecule has 2 aromatic rings. The maximum atomic E-state index is 12.2. The predicted molar refractivity (Wildman–Crippen MR) is 90.5 cm³/mol. The van der Waals surface area contributed by atoms with Gasteiger partial charge in [0.2, 0.25) is 0 Å². The Bertz CT molecular complexity index is 627. The normalized spacial score (nSPS) is 12.1. The van der Waals surface area contributed by atoms with E-state index in [1.807, 2.05) is 37.1 Å². The van der Waals surface area contributed by atoms with E-state index in [1.54, 1.807) is 12.3 Å². The molecular weight excluding hydrogens is 282 g/mol. The maximum Gasteiger partial charge on any atom is 0.268 e. The summed E-state index contributed by atoms with van der Waals surface area (Å²) >= 11 is 4.41. The molecule has 0 aliphatic heterocycles. The molecular formula is C16H21N3OS. The molecule has 0 fully saturated rings. The first kappa shape index (κ1) is 15.6. The van der Waals surface area contributed by atoms with E-state index in [9.17, 15) is 4.79 Å². The molecule has 0 bridgehead atoms. The number of hydrogen-bond donors (Lipinski definition) is 1. The van der Waals surface area contributed by atoms with Gasteiger partial charge in [-0.3, -0.25) is 4.79 Å². The summed E-state index contributed by atoms with van der Waals surface area (Å²) in [5.74, 6) is 0.851. The minimum atomic E-state index is -0.0736. The number of aromatic nitrogens is 2. The average Bonchev–Trinajstić information content (AvgIpc) is 2.53. The van der Waals surface area contributed by atoms with E-state index in [-0.39, 0.29) is 11.5 Å². The topological polar surface area (TPSA) is 38.1 Å². The summed E-state index contributed by atoms with van der Waals surface area (Å²) in [6.45, 7) is 3.43. The summed E-state index contributed by atoms with van der Waals surface area (Å²) in [7, 11) is 1.95. The highest BCUT2D eigenvalue weighted by atomic mass is 32.1. The lowest BCUT2D eigenvalue weighted by Crippen LogP contribution is -2.28. The fourth-order valence-electron chi connectivity index (χ4n) is 2.15. The van der Waals surface area contributed by atoms with Crippen LogP contribution in [0.2, 0.25) is 0 Å². The Balaban J connectivity index is 2.21. The molecule has 0 spiro atoms. The summed E-state index contributed by atoms with van der Waals surface area (Å²) in [5.41, 5.74) is 1.95. The van der Waals surface area contributed by atoms with Gasteiger partial charge in [-0.15, -0.1) is 0 Å². The number of hydrogen-bond acceptors (Lipinski definition) is 4. The highest BCUT2D eigenvalue weighted by molar-refractivity contribution is 7.80. The lowest BCUT2D eigenvalue weighted by Gasteiger charge is -2.18. The summed E-state index contributed by atoms with van der Waals surface area (Å²) < 4.78 is 1.51. The largest absolute Gasteiger partial charge is 0.373 e. The smallest absolute Gasteiger partial charge is 0.268 e. The van der Waals surface area contributed by atoms with Gasteiger partial charge in [0, 0.05) is 25.6 Å². The molecule has 0 aliphatic rings. The van der Waals surface area contributed by atoms with E-state index in [0.717, 1.165) is 12.2 Å². The van der Waals surface area contributed by atoms with Gasteiger partial charge in [-0.1, -0.05) is 30.3 Å². The van der Waals surface area contributed by atoms with Gasteiger partial charge >= 0.3 is 0 Å². The zero-order valence-electron chi connectivity index (χ0n) is 12.4. The first-order valence-corrected chi connectivity index (χ1v) is 7.73. The number of nitrogens with zero attached hydrogens (tertiary/aromatic N) is 3. The van der Waals surface area contributed by atoms with Crippen molar-refractivity contribution < 1.29 is 0 Å². The van der Waals surface area contributed by atoms with Crippen LogP contribution in [-0.2, 0) is 6.54 Å². The highest BCUT2D eigenvalue weighted by Crippen LogP contribution is 2.18. The molecule has 5 heteroatoms. The minimum absolute atomic E-state index is 0.0736. The van der Waals surface area contributed by atoms with E-state index >= 15 is 0 Å². The first-order valence-electron chi connectivity index (χ1n) is 7.09. The van der Waals surface area contributed by atoms with Crippen LogP contribution >= 0.6 is 12.6 Å². The monoisotopic (exact) mass is 303 g/mol. The zero-order chi connectivity index (χ0) is 15.2. The van der Waals surface area contributed by atoms with Crippen molar-refractivity contribution in [2.45, 2.75) is 19.4 Å². The molecule has 0 aliphatic carbocycles. The molecule has 0 saturated heterocycles. The summed E-state index contributed by atoms with van der Waals surface area (Å²) in [4.78, 5) is 14.2. The zero-order valence-corrected chi connectivity index (χ0v) is 13.3. The van der Waals surface area contributed by atoms with Gasteiger partial charge in [0.25, 0.3) is 5.56 Å². The van der Waals surface area contributed by atoms with Crippen molar-refractivity contribution in [3.63, 3.8) is 0 Å².